The molecule has 1 unspecified atom stereocenters. The van der Waals surface area contributed by atoms with E-state index < -0.39 is 6.04 Å². The van der Waals surface area contributed by atoms with Gasteiger partial charge in [-0.3, -0.25) is 9.78 Å². The van der Waals surface area contributed by atoms with Crippen molar-refractivity contribution < 1.29 is 9.18 Å². The molecule has 6 heteroatoms. The van der Waals surface area contributed by atoms with Crippen LogP contribution < -0.4 is 5.32 Å². The van der Waals surface area contributed by atoms with Gasteiger partial charge in [0.1, 0.15) is 17.7 Å². The van der Waals surface area contributed by atoms with E-state index in [-0.39, 0.29) is 11.7 Å². The van der Waals surface area contributed by atoms with Gasteiger partial charge in [0.2, 0.25) is 0 Å². The van der Waals surface area contributed by atoms with E-state index in [9.17, 15) is 9.18 Å². The third-order valence-electron chi connectivity index (χ3n) is 3.54. The van der Waals surface area contributed by atoms with Gasteiger partial charge in [0.25, 0.3) is 5.91 Å². The summed E-state index contributed by atoms with van der Waals surface area (Å²) in [7, 11) is 1.84. The van der Waals surface area contributed by atoms with Crippen LogP contribution in [0.4, 0.5) is 4.39 Å². The highest BCUT2D eigenvalue weighted by molar-refractivity contribution is 5.94. The molecule has 1 aromatic carbocycles. The van der Waals surface area contributed by atoms with Crippen molar-refractivity contribution in [3.63, 3.8) is 0 Å². The molecule has 0 fully saturated rings. The minimum Gasteiger partial charge on any atom is -0.338 e. The van der Waals surface area contributed by atoms with Crippen LogP contribution in [0.15, 0.2) is 61.2 Å². The van der Waals surface area contributed by atoms with Gasteiger partial charge in [0, 0.05) is 37.4 Å². The molecular formula is C17H15FN4O. The lowest BCUT2D eigenvalue weighted by molar-refractivity contribution is 0.0941. The number of benzene rings is 1. The van der Waals surface area contributed by atoms with Gasteiger partial charge in [0.15, 0.2) is 0 Å². The molecule has 0 aliphatic carbocycles. The third-order valence-corrected chi connectivity index (χ3v) is 3.54. The standard InChI is InChI=1S/C17H15FN4O/c1-22-11-10-20-16(22)15(12-2-4-14(18)5-3-12)21-17(23)13-6-8-19-9-7-13/h2-11,15H,1H3,(H,21,23). The van der Waals surface area contributed by atoms with Crippen LogP contribution in [0.25, 0.3) is 0 Å². The highest BCUT2D eigenvalue weighted by atomic mass is 19.1. The molecule has 2 aromatic heterocycles. The quantitative estimate of drug-likeness (QED) is 0.805. The van der Waals surface area contributed by atoms with Crippen molar-refractivity contribution in [3.8, 4) is 0 Å². The van der Waals surface area contributed by atoms with E-state index >= 15 is 0 Å². The number of nitrogens with one attached hydrogen (secondary N) is 1. The van der Waals surface area contributed by atoms with Gasteiger partial charge in [-0.05, 0) is 29.8 Å². The van der Waals surface area contributed by atoms with Crippen molar-refractivity contribution in [3.05, 3.63) is 84.0 Å². The average molecular weight is 310 g/mol. The lowest BCUT2D eigenvalue weighted by Crippen LogP contribution is -2.31. The van der Waals surface area contributed by atoms with Crippen LogP contribution in [0.2, 0.25) is 0 Å². The number of rotatable bonds is 4. The lowest BCUT2D eigenvalue weighted by Gasteiger charge is -2.19. The van der Waals surface area contributed by atoms with E-state index in [1.807, 2.05) is 11.6 Å². The Bertz CT molecular complexity index is 799. The van der Waals surface area contributed by atoms with Crippen molar-refractivity contribution in [2.45, 2.75) is 6.04 Å². The number of carbonyl (C=O) groups is 1. The molecule has 0 aliphatic heterocycles. The largest absolute Gasteiger partial charge is 0.338 e. The summed E-state index contributed by atoms with van der Waals surface area (Å²) in [5, 5.41) is 2.94. The van der Waals surface area contributed by atoms with E-state index in [0.717, 1.165) is 5.56 Å². The summed E-state index contributed by atoms with van der Waals surface area (Å²) >= 11 is 0. The van der Waals surface area contributed by atoms with Crippen LogP contribution in [0, 0.1) is 5.82 Å². The first-order valence-corrected chi connectivity index (χ1v) is 7.09. The molecule has 2 heterocycles. The summed E-state index contributed by atoms with van der Waals surface area (Å²) in [5.41, 5.74) is 1.25. The van der Waals surface area contributed by atoms with Gasteiger partial charge < -0.3 is 9.88 Å². The second kappa shape index (κ2) is 6.39. The second-order valence-electron chi connectivity index (χ2n) is 5.09. The molecule has 0 radical (unpaired) electrons. The normalized spacial score (nSPS) is 11.9. The second-order valence-corrected chi connectivity index (χ2v) is 5.09. The Labute approximate surface area is 132 Å². The molecule has 0 bridgehead atoms. The van der Waals surface area contributed by atoms with Crippen LogP contribution in [-0.2, 0) is 7.05 Å². The van der Waals surface area contributed by atoms with Gasteiger partial charge in [-0.25, -0.2) is 9.37 Å². The number of imidazole rings is 1. The van der Waals surface area contributed by atoms with Crippen LogP contribution >= 0.6 is 0 Å². The monoisotopic (exact) mass is 310 g/mol. The number of pyridine rings is 1. The minimum absolute atomic E-state index is 0.246. The van der Waals surface area contributed by atoms with Gasteiger partial charge in [-0.1, -0.05) is 12.1 Å². The lowest BCUT2D eigenvalue weighted by atomic mass is 10.1. The number of nitrogens with zero attached hydrogens (tertiary/aromatic N) is 3. The van der Waals surface area contributed by atoms with Crippen molar-refractivity contribution in [1.29, 1.82) is 0 Å². The molecule has 0 saturated carbocycles. The molecule has 0 aliphatic rings. The smallest absolute Gasteiger partial charge is 0.252 e. The van der Waals surface area contributed by atoms with Crippen LogP contribution in [0.5, 0.6) is 0 Å². The summed E-state index contributed by atoms with van der Waals surface area (Å²) in [6.07, 6.45) is 6.57. The van der Waals surface area contributed by atoms with E-state index in [1.165, 1.54) is 12.1 Å². The Hall–Kier alpha value is -3.02. The third kappa shape index (κ3) is 3.26. The van der Waals surface area contributed by atoms with Gasteiger partial charge in [-0.2, -0.15) is 0 Å². The molecule has 1 amide bonds. The van der Waals surface area contributed by atoms with Crippen LogP contribution in [0.3, 0.4) is 0 Å². The minimum atomic E-state index is -0.476. The summed E-state index contributed by atoms with van der Waals surface area (Å²) in [5.74, 6) is 0.0940. The number of hydrogen-bond acceptors (Lipinski definition) is 3. The number of amides is 1. The first-order chi connectivity index (χ1) is 11.1. The fourth-order valence-electron chi connectivity index (χ4n) is 2.33. The van der Waals surface area contributed by atoms with Gasteiger partial charge >= 0.3 is 0 Å². The molecule has 0 spiro atoms. The fraction of sp³-hybridized carbons (Fsp3) is 0.118. The summed E-state index contributed by atoms with van der Waals surface area (Å²) in [6, 6.07) is 8.80. The zero-order valence-electron chi connectivity index (χ0n) is 12.5. The Kier molecular flexibility index (Phi) is 4.14. The summed E-state index contributed by atoms with van der Waals surface area (Å²) < 4.78 is 15.0. The number of halogens is 1. The molecule has 5 nitrogen and oxygen atoms in total. The Morgan fingerprint density at radius 2 is 1.83 bits per heavy atom. The highest BCUT2D eigenvalue weighted by Crippen LogP contribution is 2.21. The number of carbonyl (C=O) groups excluding carboxylic acids is 1. The predicted molar refractivity (Wildman–Crippen MR) is 83.2 cm³/mol. The van der Waals surface area contributed by atoms with E-state index in [0.29, 0.717) is 11.4 Å². The number of aromatic nitrogens is 3. The topological polar surface area (TPSA) is 59.8 Å². The van der Waals surface area contributed by atoms with Crippen molar-refractivity contribution in [2.24, 2.45) is 7.05 Å². The number of hydrogen-bond donors (Lipinski definition) is 1. The maximum absolute atomic E-state index is 13.2. The van der Waals surface area contributed by atoms with E-state index in [1.54, 1.807) is 49.1 Å². The maximum atomic E-state index is 13.2. The molecular weight excluding hydrogens is 295 g/mol. The van der Waals surface area contributed by atoms with Crippen molar-refractivity contribution >= 4 is 5.91 Å². The molecule has 1 atom stereocenters. The van der Waals surface area contributed by atoms with Gasteiger partial charge in [0.05, 0.1) is 0 Å². The summed E-state index contributed by atoms with van der Waals surface area (Å²) in [6.45, 7) is 0. The Morgan fingerprint density at radius 1 is 1.13 bits per heavy atom. The van der Waals surface area contributed by atoms with Crippen LogP contribution in [-0.4, -0.2) is 20.4 Å². The zero-order chi connectivity index (χ0) is 16.2. The van der Waals surface area contributed by atoms with Gasteiger partial charge in [-0.15, -0.1) is 0 Å². The molecule has 1 N–H and O–H groups in total. The first-order valence-electron chi connectivity index (χ1n) is 7.09. The number of aryl methyl sites for hydroxylation is 1. The zero-order valence-corrected chi connectivity index (χ0v) is 12.5. The van der Waals surface area contributed by atoms with Crippen molar-refractivity contribution in [2.75, 3.05) is 0 Å². The average Bonchev–Trinajstić information content (AvgIpc) is 3.00. The van der Waals surface area contributed by atoms with Crippen LogP contribution in [0.1, 0.15) is 27.8 Å². The fourth-order valence-corrected chi connectivity index (χ4v) is 2.33. The molecule has 116 valence electrons. The Morgan fingerprint density at radius 3 is 2.43 bits per heavy atom. The molecule has 0 saturated heterocycles. The maximum Gasteiger partial charge on any atom is 0.252 e. The SMILES string of the molecule is Cn1ccnc1C(NC(=O)c1ccncc1)c1ccc(F)cc1. The van der Waals surface area contributed by atoms with E-state index in [2.05, 4.69) is 15.3 Å². The highest BCUT2D eigenvalue weighted by Gasteiger charge is 2.21. The predicted octanol–water partition coefficient (Wildman–Crippen LogP) is 2.47. The first kappa shape index (κ1) is 14.9. The molecule has 3 rings (SSSR count). The molecule has 23 heavy (non-hydrogen) atoms. The summed E-state index contributed by atoms with van der Waals surface area (Å²) in [4.78, 5) is 20.7. The molecule has 3 aromatic rings. The van der Waals surface area contributed by atoms with Crippen molar-refractivity contribution in [1.82, 2.24) is 19.9 Å². The Balaban J connectivity index is 1.94. The van der Waals surface area contributed by atoms with E-state index in [4.69, 9.17) is 0 Å².